The lowest BCUT2D eigenvalue weighted by Gasteiger charge is -2.45. The first-order valence-electron chi connectivity index (χ1n) is 6.65. The Morgan fingerprint density at radius 3 is 2.84 bits per heavy atom. The predicted octanol–water partition coefficient (Wildman–Crippen LogP) is 3.41. The smallest absolute Gasteiger partial charge is 0.181 e. The molecule has 102 valence electrons. The standard InChI is InChI=1S/C15H19NO3/c1-15(2,17-3)11-5-7-13(11)19-10-4-6-14-12(8-10)16-9-18-14/h4,6,8-9,11,13H,5,7H2,1-3H3. The van der Waals surface area contributed by atoms with E-state index in [0.717, 1.165) is 29.7 Å². The summed E-state index contributed by atoms with van der Waals surface area (Å²) in [5.74, 6) is 1.29. The highest BCUT2D eigenvalue weighted by Gasteiger charge is 2.43. The van der Waals surface area contributed by atoms with Crippen LogP contribution in [-0.4, -0.2) is 23.8 Å². The van der Waals surface area contributed by atoms with E-state index in [1.165, 1.54) is 6.39 Å². The van der Waals surface area contributed by atoms with Gasteiger partial charge in [0, 0.05) is 19.1 Å². The minimum atomic E-state index is -0.138. The average molecular weight is 261 g/mol. The maximum Gasteiger partial charge on any atom is 0.181 e. The van der Waals surface area contributed by atoms with Gasteiger partial charge in [0.2, 0.25) is 0 Å². The molecule has 1 aromatic carbocycles. The maximum absolute atomic E-state index is 6.07. The lowest BCUT2D eigenvalue weighted by atomic mass is 9.72. The van der Waals surface area contributed by atoms with Crippen molar-refractivity contribution in [1.82, 2.24) is 4.98 Å². The molecule has 3 rings (SSSR count). The Morgan fingerprint density at radius 1 is 1.32 bits per heavy atom. The van der Waals surface area contributed by atoms with Crippen LogP contribution in [0.25, 0.3) is 11.1 Å². The number of hydrogen-bond acceptors (Lipinski definition) is 4. The van der Waals surface area contributed by atoms with Crippen LogP contribution in [0, 0.1) is 5.92 Å². The molecule has 2 unspecified atom stereocenters. The van der Waals surface area contributed by atoms with Crippen LogP contribution in [0.5, 0.6) is 5.75 Å². The molecule has 1 aromatic heterocycles. The third kappa shape index (κ3) is 2.21. The lowest BCUT2D eigenvalue weighted by Crippen LogP contribution is -2.50. The summed E-state index contributed by atoms with van der Waals surface area (Å²) >= 11 is 0. The van der Waals surface area contributed by atoms with E-state index < -0.39 is 0 Å². The molecular weight excluding hydrogens is 242 g/mol. The molecule has 0 bridgehead atoms. The summed E-state index contributed by atoms with van der Waals surface area (Å²) in [4.78, 5) is 4.14. The molecule has 0 amide bonds. The van der Waals surface area contributed by atoms with E-state index in [0.29, 0.717) is 5.92 Å². The van der Waals surface area contributed by atoms with E-state index in [1.807, 2.05) is 18.2 Å². The van der Waals surface area contributed by atoms with Gasteiger partial charge in [-0.05, 0) is 38.8 Å². The summed E-state index contributed by atoms with van der Waals surface area (Å²) in [6.07, 6.45) is 3.90. The number of hydrogen-bond donors (Lipinski definition) is 0. The molecule has 19 heavy (non-hydrogen) atoms. The van der Waals surface area contributed by atoms with Gasteiger partial charge in [-0.1, -0.05) is 0 Å². The zero-order valence-electron chi connectivity index (χ0n) is 11.6. The third-order valence-electron chi connectivity index (χ3n) is 4.22. The zero-order chi connectivity index (χ0) is 13.5. The van der Waals surface area contributed by atoms with E-state index in [9.17, 15) is 0 Å². The van der Waals surface area contributed by atoms with Crippen LogP contribution in [0.15, 0.2) is 29.0 Å². The van der Waals surface area contributed by atoms with Gasteiger partial charge in [-0.25, -0.2) is 4.98 Å². The molecule has 0 aliphatic heterocycles. The summed E-state index contributed by atoms with van der Waals surface area (Å²) in [6, 6.07) is 5.75. The third-order valence-corrected chi connectivity index (χ3v) is 4.22. The van der Waals surface area contributed by atoms with Gasteiger partial charge in [0.15, 0.2) is 12.0 Å². The number of fused-ring (bicyclic) bond motifs is 1. The first-order chi connectivity index (χ1) is 9.10. The van der Waals surface area contributed by atoms with Crippen molar-refractivity contribution in [2.24, 2.45) is 5.92 Å². The average Bonchev–Trinajstić information content (AvgIpc) is 2.81. The quantitative estimate of drug-likeness (QED) is 0.846. The zero-order valence-corrected chi connectivity index (χ0v) is 11.6. The predicted molar refractivity (Wildman–Crippen MR) is 72.2 cm³/mol. The summed E-state index contributed by atoms with van der Waals surface area (Å²) in [7, 11) is 1.76. The topological polar surface area (TPSA) is 44.5 Å². The maximum atomic E-state index is 6.07. The lowest BCUT2D eigenvalue weighted by molar-refractivity contribution is -0.109. The van der Waals surface area contributed by atoms with Crippen LogP contribution >= 0.6 is 0 Å². The van der Waals surface area contributed by atoms with Crippen LogP contribution < -0.4 is 4.74 Å². The Morgan fingerprint density at radius 2 is 2.16 bits per heavy atom. The summed E-state index contributed by atoms with van der Waals surface area (Å²) in [5, 5.41) is 0. The minimum absolute atomic E-state index is 0.138. The van der Waals surface area contributed by atoms with Crippen molar-refractivity contribution in [2.75, 3.05) is 7.11 Å². The number of aromatic nitrogens is 1. The highest BCUT2D eigenvalue weighted by Crippen LogP contribution is 2.40. The number of ether oxygens (including phenoxy) is 2. The highest BCUT2D eigenvalue weighted by atomic mass is 16.5. The second kappa shape index (κ2) is 4.53. The van der Waals surface area contributed by atoms with E-state index in [1.54, 1.807) is 7.11 Å². The van der Waals surface area contributed by atoms with Crippen molar-refractivity contribution in [2.45, 2.75) is 38.4 Å². The van der Waals surface area contributed by atoms with Crippen LogP contribution in [0.4, 0.5) is 0 Å². The minimum Gasteiger partial charge on any atom is -0.490 e. The summed E-state index contributed by atoms with van der Waals surface area (Å²) in [5.41, 5.74) is 1.48. The van der Waals surface area contributed by atoms with Gasteiger partial charge in [-0.3, -0.25) is 0 Å². The molecule has 1 heterocycles. The Hall–Kier alpha value is -1.55. The first kappa shape index (κ1) is 12.5. The van der Waals surface area contributed by atoms with E-state index in [4.69, 9.17) is 13.9 Å². The molecule has 4 nitrogen and oxygen atoms in total. The second-order valence-electron chi connectivity index (χ2n) is 5.63. The van der Waals surface area contributed by atoms with Crippen LogP contribution in [-0.2, 0) is 4.74 Å². The Balaban J connectivity index is 1.74. The van der Waals surface area contributed by atoms with Gasteiger partial charge in [0.05, 0.1) is 5.60 Å². The largest absolute Gasteiger partial charge is 0.490 e. The van der Waals surface area contributed by atoms with Gasteiger partial charge >= 0.3 is 0 Å². The normalized spacial score (nSPS) is 23.3. The van der Waals surface area contributed by atoms with Crippen molar-refractivity contribution in [3.8, 4) is 5.75 Å². The molecule has 1 aliphatic carbocycles. The Labute approximate surface area is 112 Å². The molecule has 0 saturated heterocycles. The van der Waals surface area contributed by atoms with Gasteiger partial charge in [-0.15, -0.1) is 0 Å². The Bertz CT molecular complexity index is 576. The van der Waals surface area contributed by atoms with Gasteiger partial charge in [-0.2, -0.15) is 0 Å². The van der Waals surface area contributed by atoms with Crippen molar-refractivity contribution in [3.63, 3.8) is 0 Å². The number of methoxy groups -OCH3 is 1. The molecule has 1 fully saturated rings. The number of oxazole rings is 1. The SMILES string of the molecule is COC(C)(C)C1CCC1Oc1ccc2ocnc2c1. The second-order valence-corrected chi connectivity index (χ2v) is 5.63. The monoisotopic (exact) mass is 261 g/mol. The molecule has 2 atom stereocenters. The fraction of sp³-hybridized carbons (Fsp3) is 0.533. The van der Waals surface area contributed by atoms with Gasteiger partial charge in [0.1, 0.15) is 17.4 Å². The van der Waals surface area contributed by atoms with E-state index in [2.05, 4.69) is 18.8 Å². The highest BCUT2D eigenvalue weighted by molar-refractivity contribution is 5.73. The molecule has 1 saturated carbocycles. The number of rotatable bonds is 4. The van der Waals surface area contributed by atoms with Crippen LogP contribution in [0.1, 0.15) is 26.7 Å². The molecule has 4 heteroatoms. The molecule has 0 N–H and O–H groups in total. The van der Waals surface area contributed by atoms with Crippen molar-refractivity contribution >= 4 is 11.1 Å². The van der Waals surface area contributed by atoms with Crippen molar-refractivity contribution in [1.29, 1.82) is 0 Å². The van der Waals surface area contributed by atoms with E-state index >= 15 is 0 Å². The number of benzene rings is 1. The van der Waals surface area contributed by atoms with Crippen molar-refractivity contribution in [3.05, 3.63) is 24.6 Å². The van der Waals surface area contributed by atoms with E-state index in [-0.39, 0.29) is 11.7 Å². The fourth-order valence-corrected chi connectivity index (χ4v) is 2.64. The van der Waals surface area contributed by atoms with Crippen LogP contribution in [0.3, 0.4) is 0 Å². The molecular formula is C15H19NO3. The molecule has 2 aromatic rings. The van der Waals surface area contributed by atoms with Crippen molar-refractivity contribution < 1.29 is 13.9 Å². The first-order valence-corrected chi connectivity index (χ1v) is 6.65. The number of nitrogens with zero attached hydrogens (tertiary/aromatic N) is 1. The summed E-state index contributed by atoms with van der Waals surface area (Å²) in [6.45, 7) is 4.24. The van der Waals surface area contributed by atoms with Gasteiger partial charge < -0.3 is 13.9 Å². The Kier molecular flexibility index (Phi) is 2.97. The molecule has 0 radical (unpaired) electrons. The molecule has 0 spiro atoms. The summed E-state index contributed by atoms with van der Waals surface area (Å²) < 4.78 is 16.9. The van der Waals surface area contributed by atoms with Crippen LogP contribution in [0.2, 0.25) is 0 Å². The van der Waals surface area contributed by atoms with Gasteiger partial charge in [0.25, 0.3) is 0 Å². The fourth-order valence-electron chi connectivity index (χ4n) is 2.64. The molecule has 1 aliphatic rings.